The van der Waals surface area contributed by atoms with E-state index in [-0.39, 0.29) is 0 Å². The number of rotatable bonds is 12. The summed E-state index contributed by atoms with van der Waals surface area (Å²) in [6.07, 6.45) is 13.0. The second-order valence-electron chi connectivity index (χ2n) is 28.5. The highest BCUT2D eigenvalue weighted by Crippen LogP contribution is 2.46. The van der Waals surface area contributed by atoms with Crippen molar-refractivity contribution in [2.45, 2.75) is 0 Å². The zero-order chi connectivity index (χ0) is 74.0. The molecule has 0 unspecified atom stereocenters. The van der Waals surface area contributed by atoms with Gasteiger partial charge in [-0.3, -0.25) is 19.9 Å². The maximum absolute atomic E-state index is 5.30. The second-order valence-corrected chi connectivity index (χ2v) is 28.5. The van der Waals surface area contributed by atoms with E-state index in [1.807, 2.05) is 79.5 Å². The van der Waals surface area contributed by atoms with Crippen LogP contribution in [0.1, 0.15) is 0 Å². The molecule has 0 N–H and O–H groups in total. The highest BCUT2D eigenvalue weighted by Gasteiger charge is 2.22. The number of pyridine rings is 4. The fraction of sp³-hybridized carbons (Fsp3) is 0. The molecule has 520 valence electrons. The molecular weight excluding hydrogens is 1360 g/mol. The first-order valence-corrected chi connectivity index (χ1v) is 37.7. The Kier molecular flexibility index (Phi) is 16.1. The zero-order valence-electron chi connectivity index (χ0n) is 60.5. The van der Waals surface area contributed by atoms with Crippen LogP contribution < -0.4 is 0 Å². The standard InChI is InChI=1S/2C52H32N4/c1-2-10-33(11-3-1)42-23-19-34-22-26-45-43(24-20-35-21-25-44(42)50(34)51(35)45)36-13-8-14-38(28-36)48-30-49(40-29-37-12-4-7-18-47(37)54-32-40)56-52(55-48)46-17-6-5-16-41(46)39-15-9-27-53-31-39;1-2-8-34(9-3-1)43-23-19-36-22-26-46-44(24-20-37-21-25-45(43)50(36)51(37)46)38-11-6-12-39(28-38)49-29-48(35-17-15-33(16-18-35)40-13-7-27-53-30-40)55-52(56-49)47-32-54-31-41-10-4-5-14-42(41)47/h2*1-32H. The summed E-state index contributed by atoms with van der Waals surface area (Å²) in [7, 11) is 0. The topological polar surface area (TPSA) is 103 Å². The van der Waals surface area contributed by atoms with Crippen LogP contribution in [-0.4, -0.2) is 39.9 Å². The van der Waals surface area contributed by atoms with Crippen LogP contribution in [0.15, 0.2) is 389 Å². The minimum atomic E-state index is 0.639. The molecule has 22 aromatic rings. The van der Waals surface area contributed by atoms with Gasteiger partial charge in [0.15, 0.2) is 11.6 Å². The van der Waals surface area contributed by atoms with Crippen LogP contribution in [-0.2, 0) is 0 Å². The van der Waals surface area contributed by atoms with Crippen molar-refractivity contribution in [3.63, 3.8) is 0 Å². The molecule has 16 aromatic carbocycles. The first-order valence-electron chi connectivity index (χ1n) is 37.7. The van der Waals surface area contributed by atoms with E-state index in [0.717, 1.165) is 111 Å². The summed E-state index contributed by atoms with van der Waals surface area (Å²) in [6.45, 7) is 0. The van der Waals surface area contributed by atoms with Crippen molar-refractivity contribution in [2.24, 2.45) is 0 Å². The van der Waals surface area contributed by atoms with Crippen molar-refractivity contribution in [3.8, 4) is 135 Å². The zero-order valence-corrected chi connectivity index (χ0v) is 60.5. The van der Waals surface area contributed by atoms with E-state index >= 15 is 0 Å². The number of hydrogen-bond donors (Lipinski definition) is 0. The summed E-state index contributed by atoms with van der Waals surface area (Å²) in [4.78, 5) is 39.1. The van der Waals surface area contributed by atoms with Crippen LogP contribution in [0.25, 0.3) is 221 Å². The lowest BCUT2D eigenvalue weighted by Crippen LogP contribution is -1.98. The van der Waals surface area contributed by atoms with Gasteiger partial charge in [0.2, 0.25) is 0 Å². The summed E-state index contributed by atoms with van der Waals surface area (Å²) >= 11 is 0. The quantitative estimate of drug-likeness (QED) is 0.111. The van der Waals surface area contributed by atoms with Crippen molar-refractivity contribution in [1.29, 1.82) is 0 Å². The molecule has 0 amide bonds. The lowest BCUT2D eigenvalue weighted by atomic mass is 9.87. The van der Waals surface area contributed by atoms with Crippen LogP contribution in [0, 0.1) is 0 Å². The lowest BCUT2D eigenvalue weighted by Gasteiger charge is -2.17. The predicted octanol–water partition coefficient (Wildman–Crippen LogP) is 26.6. The van der Waals surface area contributed by atoms with E-state index < -0.39 is 0 Å². The Morgan fingerprint density at radius 1 is 0.170 bits per heavy atom. The van der Waals surface area contributed by atoms with Gasteiger partial charge in [-0.1, -0.05) is 297 Å². The number of nitrogens with zero attached hydrogens (tertiary/aromatic N) is 8. The van der Waals surface area contributed by atoms with E-state index in [1.165, 1.54) is 98.0 Å². The fourth-order valence-electron chi connectivity index (χ4n) is 16.6. The molecule has 0 aliphatic carbocycles. The van der Waals surface area contributed by atoms with Gasteiger partial charge in [-0.15, -0.1) is 0 Å². The normalized spacial score (nSPS) is 11.6. The van der Waals surface area contributed by atoms with Gasteiger partial charge < -0.3 is 0 Å². The van der Waals surface area contributed by atoms with Crippen LogP contribution in [0.5, 0.6) is 0 Å². The fourth-order valence-corrected chi connectivity index (χ4v) is 16.6. The molecule has 6 aromatic heterocycles. The Labute approximate surface area is 645 Å². The van der Waals surface area contributed by atoms with Crippen molar-refractivity contribution in [1.82, 2.24) is 39.9 Å². The molecule has 0 saturated carbocycles. The number of benzene rings is 16. The third-order valence-corrected chi connectivity index (χ3v) is 22.0. The second kappa shape index (κ2) is 27.6. The number of aromatic nitrogens is 8. The Morgan fingerprint density at radius 3 is 1.12 bits per heavy atom. The predicted molar refractivity (Wildman–Crippen MR) is 463 cm³/mol. The third kappa shape index (κ3) is 11.7. The first kappa shape index (κ1) is 65.2. The van der Waals surface area contributed by atoms with E-state index in [1.54, 1.807) is 12.4 Å². The molecule has 8 nitrogen and oxygen atoms in total. The van der Waals surface area contributed by atoms with E-state index in [4.69, 9.17) is 24.9 Å². The Balaban J connectivity index is 0.000000141. The molecule has 0 radical (unpaired) electrons. The summed E-state index contributed by atoms with van der Waals surface area (Å²) < 4.78 is 0. The average molecular weight is 1430 g/mol. The largest absolute Gasteiger partial charge is 0.264 e. The van der Waals surface area contributed by atoms with Gasteiger partial charge in [0.25, 0.3) is 0 Å². The molecule has 0 atom stereocenters. The minimum Gasteiger partial charge on any atom is -0.264 e. The number of hydrogen-bond acceptors (Lipinski definition) is 8. The SMILES string of the molecule is c1ccc(-c2ccc3ccc4c(-c5cccc(-c6cc(-c7ccc(-c8cccnc8)cc7)nc(-c7cncc8ccccc78)n6)c5)ccc5ccc2c3c54)cc1.c1ccc(-c2ccc3ccc4c(-c5cccc(-c6cc(-c7cnc8ccccc8c7)nc(-c7ccccc7-c7cccnc7)n6)c5)ccc5ccc2c3c54)cc1. The molecule has 0 saturated heterocycles. The summed E-state index contributed by atoms with van der Waals surface area (Å²) in [5, 5.41) is 18.4. The molecule has 0 fully saturated rings. The van der Waals surface area contributed by atoms with Gasteiger partial charge in [0, 0.05) is 93.1 Å². The van der Waals surface area contributed by atoms with Crippen LogP contribution >= 0.6 is 0 Å². The van der Waals surface area contributed by atoms with Gasteiger partial charge in [-0.2, -0.15) is 0 Å². The van der Waals surface area contributed by atoms with E-state index in [9.17, 15) is 0 Å². The van der Waals surface area contributed by atoms with Crippen LogP contribution in [0.4, 0.5) is 0 Å². The van der Waals surface area contributed by atoms with Gasteiger partial charge in [0.1, 0.15) is 0 Å². The molecule has 22 rings (SSSR count). The molecule has 6 heterocycles. The molecule has 0 aliphatic rings. The Hall–Kier alpha value is -15.1. The van der Waals surface area contributed by atoms with Crippen molar-refractivity contribution < 1.29 is 0 Å². The van der Waals surface area contributed by atoms with Crippen molar-refractivity contribution >= 4 is 86.3 Å². The number of para-hydroxylation sites is 1. The van der Waals surface area contributed by atoms with Crippen LogP contribution in [0.2, 0.25) is 0 Å². The Bertz CT molecular complexity index is 7350. The average Bonchev–Trinajstić information content (AvgIpc) is 0.728. The molecule has 0 bridgehead atoms. The van der Waals surface area contributed by atoms with E-state index in [0.29, 0.717) is 11.6 Å². The minimum absolute atomic E-state index is 0.639. The molecule has 0 spiro atoms. The van der Waals surface area contributed by atoms with Crippen LogP contribution in [0.3, 0.4) is 0 Å². The molecule has 8 heteroatoms. The van der Waals surface area contributed by atoms with Crippen molar-refractivity contribution in [3.05, 3.63) is 389 Å². The first-order chi connectivity index (χ1) is 55.5. The lowest BCUT2D eigenvalue weighted by molar-refractivity contribution is 1.18. The van der Waals surface area contributed by atoms with Gasteiger partial charge >= 0.3 is 0 Å². The maximum atomic E-state index is 5.30. The highest BCUT2D eigenvalue weighted by molar-refractivity contribution is 6.29. The van der Waals surface area contributed by atoms with Crippen molar-refractivity contribution in [2.75, 3.05) is 0 Å². The number of fused-ring (bicyclic) bond motifs is 2. The summed E-state index contributed by atoms with van der Waals surface area (Å²) in [5.41, 5.74) is 23.9. The molecule has 112 heavy (non-hydrogen) atoms. The monoisotopic (exact) mass is 1420 g/mol. The maximum Gasteiger partial charge on any atom is 0.162 e. The van der Waals surface area contributed by atoms with E-state index in [2.05, 4.69) is 312 Å². The summed E-state index contributed by atoms with van der Waals surface area (Å²) in [6, 6.07) is 123. The Morgan fingerprint density at radius 2 is 0.580 bits per heavy atom. The molecule has 0 aliphatic heterocycles. The molecular formula is C104H64N8. The van der Waals surface area contributed by atoms with Gasteiger partial charge in [-0.25, -0.2) is 19.9 Å². The van der Waals surface area contributed by atoms with Gasteiger partial charge in [-0.05, 0) is 180 Å². The highest BCUT2D eigenvalue weighted by atomic mass is 14.9. The third-order valence-electron chi connectivity index (χ3n) is 22.0. The smallest absolute Gasteiger partial charge is 0.162 e. The van der Waals surface area contributed by atoms with Gasteiger partial charge in [0.05, 0.1) is 28.3 Å². The summed E-state index contributed by atoms with van der Waals surface area (Å²) in [5.74, 6) is 1.29.